The summed E-state index contributed by atoms with van der Waals surface area (Å²) in [5.41, 5.74) is 0.112. The van der Waals surface area contributed by atoms with Gasteiger partial charge in [-0.3, -0.25) is 9.59 Å². The second kappa shape index (κ2) is 4.29. The van der Waals surface area contributed by atoms with Crippen LogP contribution in [-0.4, -0.2) is 15.9 Å². The lowest BCUT2D eigenvalue weighted by molar-refractivity contribution is 0.0776. The normalized spacial score (nSPS) is 17.7. The largest absolute Gasteiger partial charge is 0.477 e. The topological polar surface area (TPSA) is 48.3 Å². The van der Waals surface area contributed by atoms with E-state index in [0.29, 0.717) is 5.69 Å². The van der Waals surface area contributed by atoms with Gasteiger partial charge in [0.15, 0.2) is 11.5 Å². The van der Waals surface area contributed by atoms with Crippen LogP contribution in [0.5, 0.6) is 5.75 Å². The summed E-state index contributed by atoms with van der Waals surface area (Å²) >= 11 is 3.11. The van der Waals surface area contributed by atoms with Gasteiger partial charge in [-0.05, 0) is 22.4 Å². The summed E-state index contributed by atoms with van der Waals surface area (Å²) in [5.74, 6) is 0.296. The minimum absolute atomic E-state index is 0.0197. The van der Waals surface area contributed by atoms with Gasteiger partial charge in [-0.25, -0.2) is 0 Å². The Morgan fingerprint density at radius 3 is 2.82 bits per heavy atom. The smallest absolute Gasteiger partial charge is 0.224 e. The minimum Gasteiger partial charge on any atom is -0.477 e. The van der Waals surface area contributed by atoms with Crippen molar-refractivity contribution in [2.24, 2.45) is 5.41 Å². The first kappa shape index (κ1) is 12.4. The Kier molecular flexibility index (Phi) is 3.12. The van der Waals surface area contributed by atoms with Gasteiger partial charge in [-0.1, -0.05) is 13.8 Å². The number of rotatable bonds is 2. The number of Topliss-reactive ketones (excluding diaryl/α,β-unsaturated/α-hetero) is 1. The van der Waals surface area contributed by atoms with E-state index in [1.54, 1.807) is 10.8 Å². The number of aromatic nitrogens is 1. The van der Waals surface area contributed by atoms with Crippen molar-refractivity contribution in [2.45, 2.75) is 26.8 Å². The van der Waals surface area contributed by atoms with E-state index >= 15 is 0 Å². The highest BCUT2D eigenvalue weighted by atomic mass is 79.9. The molecule has 1 aliphatic rings. The highest BCUT2D eigenvalue weighted by molar-refractivity contribution is 9.09. The average Bonchev–Trinajstić information content (AvgIpc) is 2.27. The Morgan fingerprint density at radius 2 is 2.18 bits per heavy atom. The molecule has 4 nitrogen and oxygen atoms in total. The van der Waals surface area contributed by atoms with E-state index in [1.165, 1.54) is 6.07 Å². The SMILES string of the molecule is CC1(C)CCn2cc(OCBr)c(=O)cc2C1=O. The molecular formula is C12H14BrNO3. The van der Waals surface area contributed by atoms with Crippen LogP contribution in [0.2, 0.25) is 0 Å². The van der Waals surface area contributed by atoms with Crippen molar-refractivity contribution >= 4 is 21.7 Å². The number of halogens is 1. The predicted molar refractivity (Wildman–Crippen MR) is 67.9 cm³/mol. The molecule has 0 N–H and O–H groups in total. The van der Waals surface area contributed by atoms with E-state index in [0.717, 1.165) is 13.0 Å². The standard InChI is InChI=1S/C12H14BrNO3/c1-12(2)3-4-14-6-10(17-7-13)9(15)5-8(14)11(12)16/h5-6H,3-4,7H2,1-2H3. The lowest BCUT2D eigenvalue weighted by Crippen LogP contribution is -2.35. The second-order valence-corrected chi connectivity index (χ2v) is 5.25. The van der Waals surface area contributed by atoms with Crippen LogP contribution < -0.4 is 10.2 Å². The lowest BCUT2D eigenvalue weighted by atomic mass is 9.80. The van der Waals surface area contributed by atoms with Gasteiger partial charge in [0.1, 0.15) is 5.52 Å². The molecule has 0 saturated heterocycles. The number of carbonyl (C=O) groups excluding carboxylic acids is 1. The molecule has 0 spiro atoms. The Morgan fingerprint density at radius 1 is 1.47 bits per heavy atom. The van der Waals surface area contributed by atoms with Crippen LogP contribution in [0.25, 0.3) is 0 Å². The predicted octanol–water partition coefficient (Wildman–Crippen LogP) is 2.19. The number of hydrogen-bond donors (Lipinski definition) is 0. The fraction of sp³-hybridized carbons (Fsp3) is 0.500. The van der Waals surface area contributed by atoms with Gasteiger partial charge in [0.05, 0.1) is 11.9 Å². The molecule has 2 rings (SSSR count). The van der Waals surface area contributed by atoms with Gasteiger partial charge in [-0.15, -0.1) is 0 Å². The molecule has 1 aliphatic heterocycles. The highest BCUT2D eigenvalue weighted by Gasteiger charge is 2.34. The number of alkyl halides is 1. The molecule has 0 fully saturated rings. The van der Waals surface area contributed by atoms with Crippen LogP contribution >= 0.6 is 15.9 Å². The summed E-state index contributed by atoms with van der Waals surface area (Å²) in [6, 6.07) is 1.38. The number of carbonyl (C=O) groups is 1. The van der Waals surface area contributed by atoms with Gasteiger partial charge in [0, 0.05) is 18.0 Å². The van der Waals surface area contributed by atoms with Crippen molar-refractivity contribution in [3.05, 3.63) is 28.2 Å². The number of aryl methyl sites for hydroxylation is 1. The molecule has 1 aromatic rings. The third-order valence-electron chi connectivity index (χ3n) is 3.13. The van der Waals surface area contributed by atoms with Crippen LogP contribution in [0.15, 0.2) is 17.1 Å². The molecule has 0 unspecified atom stereocenters. The first-order valence-electron chi connectivity index (χ1n) is 5.44. The van der Waals surface area contributed by atoms with E-state index in [2.05, 4.69) is 15.9 Å². The molecule has 0 amide bonds. The number of hydrogen-bond acceptors (Lipinski definition) is 3. The molecule has 0 aromatic carbocycles. The van der Waals surface area contributed by atoms with Gasteiger partial charge >= 0.3 is 0 Å². The second-order valence-electron chi connectivity index (χ2n) is 4.80. The molecule has 5 heteroatoms. The first-order chi connectivity index (χ1) is 7.95. The van der Waals surface area contributed by atoms with Gasteiger partial charge in [0.25, 0.3) is 0 Å². The summed E-state index contributed by atoms with van der Waals surface area (Å²) in [6.07, 6.45) is 2.39. The van der Waals surface area contributed by atoms with Crippen molar-refractivity contribution in [3.63, 3.8) is 0 Å². The monoisotopic (exact) mass is 299 g/mol. The first-order valence-corrected chi connectivity index (χ1v) is 6.56. The third-order valence-corrected chi connectivity index (χ3v) is 3.36. The summed E-state index contributed by atoms with van der Waals surface area (Å²) < 4.78 is 6.96. The maximum Gasteiger partial charge on any atom is 0.224 e. The molecule has 0 atom stereocenters. The number of pyridine rings is 1. The Balaban J connectivity index is 2.51. The summed E-state index contributed by atoms with van der Waals surface area (Å²) in [5, 5.41) is 0. The molecule has 0 radical (unpaired) electrons. The molecule has 0 saturated carbocycles. The zero-order chi connectivity index (χ0) is 12.6. The van der Waals surface area contributed by atoms with Gasteiger partial charge in [-0.2, -0.15) is 0 Å². The van der Waals surface area contributed by atoms with E-state index in [-0.39, 0.29) is 27.9 Å². The molecule has 1 aromatic heterocycles. The van der Waals surface area contributed by atoms with E-state index in [9.17, 15) is 9.59 Å². The van der Waals surface area contributed by atoms with Crippen molar-refractivity contribution in [1.82, 2.24) is 4.57 Å². The maximum absolute atomic E-state index is 12.1. The molecule has 0 aliphatic carbocycles. The number of nitrogens with zero attached hydrogens (tertiary/aromatic N) is 1. The highest BCUT2D eigenvalue weighted by Crippen LogP contribution is 2.31. The Bertz CT molecular complexity index is 519. The van der Waals surface area contributed by atoms with Crippen molar-refractivity contribution in [1.29, 1.82) is 0 Å². The fourth-order valence-corrected chi connectivity index (χ4v) is 2.21. The maximum atomic E-state index is 12.1. The van der Waals surface area contributed by atoms with Crippen molar-refractivity contribution < 1.29 is 9.53 Å². The molecule has 2 heterocycles. The fourth-order valence-electron chi connectivity index (χ4n) is 1.96. The zero-order valence-electron chi connectivity index (χ0n) is 9.83. The van der Waals surface area contributed by atoms with E-state index in [4.69, 9.17) is 4.74 Å². The van der Waals surface area contributed by atoms with Crippen molar-refractivity contribution in [2.75, 3.05) is 5.52 Å². The summed E-state index contributed by atoms with van der Waals surface area (Å²) in [4.78, 5) is 23.9. The van der Waals surface area contributed by atoms with Gasteiger partial charge < -0.3 is 9.30 Å². The molecular weight excluding hydrogens is 286 g/mol. The number of ketones is 1. The third kappa shape index (κ3) is 2.16. The number of fused-ring (bicyclic) bond motifs is 1. The average molecular weight is 300 g/mol. The van der Waals surface area contributed by atoms with Crippen LogP contribution in [0.3, 0.4) is 0 Å². The summed E-state index contributed by atoms with van der Waals surface area (Å²) in [7, 11) is 0. The van der Waals surface area contributed by atoms with Crippen LogP contribution in [0, 0.1) is 5.41 Å². The quantitative estimate of drug-likeness (QED) is 0.787. The lowest BCUT2D eigenvalue weighted by Gasteiger charge is -2.30. The zero-order valence-corrected chi connectivity index (χ0v) is 11.4. The Hall–Kier alpha value is -1.10. The minimum atomic E-state index is -0.385. The number of ether oxygens (including phenoxy) is 1. The van der Waals surface area contributed by atoms with Gasteiger partial charge in [0.2, 0.25) is 5.43 Å². The van der Waals surface area contributed by atoms with Crippen LogP contribution in [-0.2, 0) is 6.54 Å². The summed E-state index contributed by atoms with van der Waals surface area (Å²) in [6.45, 7) is 4.55. The van der Waals surface area contributed by atoms with Crippen molar-refractivity contribution in [3.8, 4) is 5.75 Å². The molecule has 0 bridgehead atoms. The molecule has 17 heavy (non-hydrogen) atoms. The molecule has 92 valence electrons. The van der Waals surface area contributed by atoms with E-state index < -0.39 is 0 Å². The Labute approximate surface area is 108 Å². The van der Waals surface area contributed by atoms with Crippen LogP contribution in [0.1, 0.15) is 30.8 Å². The van der Waals surface area contributed by atoms with E-state index in [1.807, 2.05) is 13.8 Å². The van der Waals surface area contributed by atoms with Crippen LogP contribution in [0.4, 0.5) is 0 Å².